The normalized spacial score (nSPS) is 12.5. The first-order chi connectivity index (χ1) is 8.56. The second-order valence-electron chi connectivity index (χ2n) is 4.76. The predicted molar refractivity (Wildman–Crippen MR) is 78.8 cm³/mol. The molecule has 1 aromatic carbocycles. The predicted octanol–water partition coefficient (Wildman–Crippen LogP) is 4.11. The summed E-state index contributed by atoms with van der Waals surface area (Å²) < 4.78 is 5.79. The molecule has 1 rings (SSSR count). The fourth-order valence-electron chi connectivity index (χ4n) is 1.67. The summed E-state index contributed by atoms with van der Waals surface area (Å²) in [6.45, 7) is 10.2. The summed E-state index contributed by atoms with van der Waals surface area (Å²) in [7, 11) is 0. The van der Waals surface area contributed by atoms with Crippen molar-refractivity contribution in [3.63, 3.8) is 0 Å². The largest absolute Gasteiger partial charge is 0.493 e. The summed E-state index contributed by atoms with van der Waals surface area (Å²) in [4.78, 5) is 0. The van der Waals surface area contributed by atoms with Crippen LogP contribution in [0.2, 0.25) is 5.02 Å². The highest BCUT2D eigenvalue weighted by Gasteiger charge is 2.05. The van der Waals surface area contributed by atoms with Gasteiger partial charge in [0.05, 0.1) is 6.61 Å². The maximum atomic E-state index is 6.05. The van der Waals surface area contributed by atoms with Crippen LogP contribution in [0.5, 0.6) is 5.75 Å². The van der Waals surface area contributed by atoms with Crippen molar-refractivity contribution in [2.24, 2.45) is 0 Å². The van der Waals surface area contributed by atoms with E-state index < -0.39 is 0 Å². The van der Waals surface area contributed by atoms with E-state index in [2.05, 4.69) is 19.2 Å². The van der Waals surface area contributed by atoms with Crippen LogP contribution in [-0.2, 0) is 0 Å². The third-order valence-corrected chi connectivity index (χ3v) is 3.76. The van der Waals surface area contributed by atoms with Gasteiger partial charge in [-0.1, -0.05) is 18.5 Å². The van der Waals surface area contributed by atoms with E-state index in [4.69, 9.17) is 16.3 Å². The Morgan fingerprint density at radius 1 is 1.28 bits per heavy atom. The van der Waals surface area contributed by atoms with Crippen molar-refractivity contribution in [1.29, 1.82) is 0 Å². The fourth-order valence-corrected chi connectivity index (χ4v) is 1.87. The van der Waals surface area contributed by atoms with E-state index in [1.165, 1.54) is 0 Å². The van der Waals surface area contributed by atoms with Gasteiger partial charge in [0, 0.05) is 11.1 Å². The molecule has 102 valence electrons. The summed E-state index contributed by atoms with van der Waals surface area (Å²) in [5, 5.41) is 4.26. The van der Waals surface area contributed by atoms with Gasteiger partial charge in [-0.25, -0.2) is 0 Å². The maximum absolute atomic E-state index is 6.05. The summed E-state index contributed by atoms with van der Waals surface area (Å²) in [5.41, 5.74) is 2.24. The molecule has 18 heavy (non-hydrogen) atoms. The number of hydrogen-bond donors (Lipinski definition) is 1. The van der Waals surface area contributed by atoms with Gasteiger partial charge < -0.3 is 10.1 Å². The highest BCUT2D eigenvalue weighted by atomic mass is 35.5. The van der Waals surface area contributed by atoms with Gasteiger partial charge in [-0.15, -0.1) is 0 Å². The molecule has 3 heteroatoms. The van der Waals surface area contributed by atoms with Crippen molar-refractivity contribution in [3.05, 3.63) is 28.3 Å². The van der Waals surface area contributed by atoms with E-state index in [1.54, 1.807) is 0 Å². The Bertz CT molecular complexity index is 379. The smallest absolute Gasteiger partial charge is 0.122 e. The lowest BCUT2D eigenvalue weighted by Crippen LogP contribution is -2.27. The first-order valence-corrected chi connectivity index (χ1v) is 7.06. The second kappa shape index (κ2) is 7.65. The molecule has 0 aromatic heterocycles. The van der Waals surface area contributed by atoms with Crippen molar-refractivity contribution in [2.75, 3.05) is 13.2 Å². The minimum absolute atomic E-state index is 0.588. The van der Waals surface area contributed by atoms with Crippen molar-refractivity contribution >= 4 is 11.6 Å². The Hall–Kier alpha value is -0.730. The molecule has 0 saturated heterocycles. The minimum Gasteiger partial charge on any atom is -0.493 e. The molecular formula is C15H24ClNO. The Morgan fingerprint density at radius 2 is 2.00 bits per heavy atom. The highest BCUT2D eigenvalue weighted by Crippen LogP contribution is 2.27. The van der Waals surface area contributed by atoms with Crippen LogP contribution in [0.15, 0.2) is 12.1 Å². The van der Waals surface area contributed by atoms with E-state index in [-0.39, 0.29) is 0 Å². The lowest BCUT2D eigenvalue weighted by atomic mass is 10.1. The first-order valence-electron chi connectivity index (χ1n) is 6.68. The Kier molecular flexibility index (Phi) is 6.51. The highest BCUT2D eigenvalue weighted by molar-refractivity contribution is 6.31. The molecule has 1 atom stereocenters. The molecule has 0 fully saturated rings. The van der Waals surface area contributed by atoms with Crippen LogP contribution in [0, 0.1) is 13.8 Å². The second-order valence-corrected chi connectivity index (χ2v) is 5.17. The zero-order valence-corrected chi connectivity index (χ0v) is 12.6. The molecule has 1 aromatic rings. The molecule has 0 unspecified atom stereocenters. The molecule has 0 saturated carbocycles. The van der Waals surface area contributed by atoms with Crippen LogP contribution in [-0.4, -0.2) is 19.2 Å². The molecule has 0 aliphatic carbocycles. The Morgan fingerprint density at radius 3 is 2.67 bits per heavy atom. The molecule has 0 aliphatic heterocycles. The first kappa shape index (κ1) is 15.3. The minimum atomic E-state index is 0.588. The number of benzene rings is 1. The van der Waals surface area contributed by atoms with Crippen molar-refractivity contribution in [1.82, 2.24) is 5.32 Å². The molecule has 0 aliphatic rings. The molecule has 0 amide bonds. The van der Waals surface area contributed by atoms with Crippen molar-refractivity contribution < 1.29 is 4.74 Å². The van der Waals surface area contributed by atoms with Gasteiger partial charge in [0.2, 0.25) is 0 Å². The SMILES string of the molecule is CC[C@H](C)NCCCOc1ccc(Cl)c(C)c1C. The molecule has 0 spiro atoms. The average molecular weight is 270 g/mol. The standard InChI is InChI=1S/C15H24ClNO/c1-5-11(2)17-9-6-10-18-15-8-7-14(16)12(3)13(15)4/h7-8,11,17H,5-6,9-10H2,1-4H3/t11-/m0/s1. The topological polar surface area (TPSA) is 21.3 Å². The van der Waals surface area contributed by atoms with Crippen molar-refractivity contribution in [3.8, 4) is 5.75 Å². The van der Waals surface area contributed by atoms with Crippen LogP contribution in [0.3, 0.4) is 0 Å². The van der Waals surface area contributed by atoms with Gasteiger partial charge in [0.15, 0.2) is 0 Å². The molecular weight excluding hydrogens is 246 g/mol. The van der Waals surface area contributed by atoms with E-state index in [0.717, 1.165) is 47.9 Å². The summed E-state index contributed by atoms with van der Waals surface area (Å²) >= 11 is 6.05. The number of hydrogen-bond acceptors (Lipinski definition) is 2. The van der Waals surface area contributed by atoms with E-state index in [9.17, 15) is 0 Å². The maximum Gasteiger partial charge on any atom is 0.122 e. The molecule has 2 nitrogen and oxygen atoms in total. The van der Waals surface area contributed by atoms with Crippen LogP contribution in [0.1, 0.15) is 37.8 Å². The van der Waals surface area contributed by atoms with Crippen LogP contribution in [0.25, 0.3) is 0 Å². The Labute approximate surface area is 116 Å². The van der Waals surface area contributed by atoms with Crippen LogP contribution >= 0.6 is 11.6 Å². The lowest BCUT2D eigenvalue weighted by molar-refractivity contribution is 0.303. The zero-order valence-electron chi connectivity index (χ0n) is 11.8. The summed E-state index contributed by atoms with van der Waals surface area (Å²) in [6.07, 6.45) is 2.18. The van der Waals surface area contributed by atoms with E-state index >= 15 is 0 Å². The van der Waals surface area contributed by atoms with Crippen LogP contribution < -0.4 is 10.1 Å². The van der Waals surface area contributed by atoms with Gasteiger partial charge >= 0.3 is 0 Å². The van der Waals surface area contributed by atoms with E-state index in [1.807, 2.05) is 26.0 Å². The molecule has 0 radical (unpaired) electrons. The number of halogens is 1. The van der Waals surface area contributed by atoms with Gasteiger partial charge in [-0.3, -0.25) is 0 Å². The third-order valence-electron chi connectivity index (χ3n) is 3.36. The van der Waals surface area contributed by atoms with E-state index in [0.29, 0.717) is 6.04 Å². The molecule has 0 heterocycles. The Balaban J connectivity index is 2.34. The quantitative estimate of drug-likeness (QED) is 0.752. The molecule has 1 N–H and O–H groups in total. The number of nitrogens with one attached hydrogen (secondary N) is 1. The average Bonchev–Trinajstić information content (AvgIpc) is 2.37. The van der Waals surface area contributed by atoms with Gasteiger partial charge in [0.1, 0.15) is 5.75 Å². The monoisotopic (exact) mass is 269 g/mol. The third kappa shape index (κ3) is 4.51. The van der Waals surface area contributed by atoms with Crippen molar-refractivity contribution in [2.45, 2.75) is 46.6 Å². The zero-order chi connectivity index (χ0) is 13.5. The van der Waals surface area contributed by atoms with Gasteiger partial charge in [0.25, 0.3) is 0 Å². The summed E-state index contributed by atoms with van der Waals surface area (Å²) in [5.74, 6) is 0.945. The number of rotatable bonds is 7. The number of ether oxygens (including phenoxy) is 1. The fraction of sp³-hybridized carbons (Fsp3) is 0.600. The summed E-state index contributed by atoms with van der Waals surface area (Å²) in [6, 6.07) is 4.44. The van der Waals surface area contributed by atoms with Crippen LogP contribution in [0.4, 0.5) is 0 Å². The van der Waals surface area contributed by atoms with Gasteiger partial charge in [-0.05, 0) is 63.4 Å². The van der Waals surface area contributed by atoms with Gasteiger partial charge in [-0.2, -0.15) is 0 Å². The lowest BCUT2D eigenvalue weighted by Gasteiger charge is -2.13. The molecule has 0 bridgehead atoms.